The van der Waals surface area contributed by atoms with Gasteiger partial charge in [-0.15, -0.1) is 0 Å². The molecular formula is C15H20N2O3. The number of aliphatic carboxylic acids is 1. The minimum absolute atomic E-state index is 0.0416. The smallest absolute Gasteiger partial charge is 0.307 e. The zero-order valence-corrected chi connectivity index (χ0v) is 11.6. The van der Waals surface area contributed by atoms with E-state index in [4.69, 9.17) is 5.11 Å². The number of carboxylic acids is 1. The fourth-order valence-electron chi connectivity index (χ4n) is 2.05. The second kappa shape index (κ2) is 6.52. The van der Waals surface area contributed by atoms with Crippen LogP contribution in [0.3, 0.4) is 0 Å². The molecule has 0 radical (unpaired) electrons. The highest BCUT2D eigenvalue weighted by Gasteiger charge is 2.23. The minimum Gasteiger partial charge on any atom is -0.481 e. The molecule has 0 unspecified atom stereocenters. The molecule has 1 aromatic carbocycles. The molecule has 5 nitrogen and oxygen atoms in total. The summed E-state index contributed by atoms with van der Waals surface area (Å²) in [5.74, 6) is -0.760. The van der Waals surface area contributed by atoms with Gasteiger partial charge in [-0.3, -0.25) is 14.5 Å². The number of hydrogen-bond donors (Lipinski definition) is 2. The van der Waals surface area contributed by atoms with Crippen LogP contribution in [0.1, 0.15) is 24.0 Å². The van der Waals surface area contributed by atoms with Crippen molar-refractivity contribution < 1.29 is 14.7 Å². The van der Waals surface area contributed by atoms with E-state index in [1.54, 1.807) is 0 Å². The number of carbonyl (C=O) groups is 2. The average Bonchev–Trinajstić information content (AvgIpc) is 3.14. The first-order chi connectivity index (χ1) is 9.52. The molecule has 0 heterocycles. The van der Waals surface area contributed by atoms with Crippen molar-refractivity contribution >= 4 is 11.9 Å². The van der Waals surface area contributed by atoms with Crippen molar-refractivity contribution in [3.63, 3.8) is 0 Å². The Kier molecular flexibility index (Phi) is 4.74. The van der Waals surface area contributed by atoms with Gasteiger partial charge in [-0.05, 0) is 31.0 Å². The molecule has 1 amide bonds. The molecule has 2 rings (SSSR count). The lowest BCUT2D eigenvalue weighted by molar-refractivity contribution is -0.136. The van der Waals surface area contributed by atoms with E-state index in [-0.39, 0.29) is 12.3 Å². The summed E-state index contributed by atoms with van der Waals surface area (Å²) in [7, 11) is 1.90. The summed E-state index contributed by atoms with van der Waals surface area (Å²) in [4.78, 5) is 24.2. The Hall–Kier alpha value is -1.88. The van der Waals surface area contributed by atoms with Crippen LogP contribution in [0.5, 0.6) is 0 Å². The summed E-state index contributed by atoms with van der Waals surface area (Å²) in [6, 6.07) is 7.86. The predicted octanol–water partition coefficient (Wildman–Crippen LogP) is 1.02. The lowest BCUT2D eigenvalue weighted by Gasteiger charge is -2.16. The zero-order chi connectivity index (χ0) is 14.5. The van der Waals surface area contributed by atoms with E-state index in [9.17, 15) is 9.59 Å². The van der Waals surface area contributed by atoms with E-state index in [1.807, 2.05) is 36.2 Å². The Morgan fingerprint density at radius 3 is 2.40 bits per heavy atom. The highest BCUT2D eigenvalue weighted by Crippen LogP contribution is 2.18. The highest BCUT2D eigenvalue weighted by atomic mass is 16.4. The molecule has 1 aromatic rings. The standard InChI is InChI=1S/C15H20N2O3/c1-17(10-14(18)16-13-6-7-13)9-12-4-2-11(3-5-12)8-15(19)20/h2-5,13H,6-10H2,1H3,(H,16,18)(H,19,20). The first kappa shape index (κ1) is 14.5. The van der Waals surface area contributed by atoms with Crippen LogP contribution >= 0.6 is 0 Å². The molecule has 5 heteroatoms. The van der Waals surface area contributed by atoms with E-state index in [2.05, 4.69) is 5.32 Å². The van der Waals surface area contributed by atoms with Gasteiger partial charge >= 0.3 is 5.97 Å². The first-order valence-electron chi connectivity index (χ1n) is 6.80. The van der Waals surface area contributed by atoms with E-state index in [0.29, 0.717) is 19.1 Å². The fraction of sp³-hybridized carbons (Fsp3) is 0.467. The van der Waals surface area contributed by atoms with Gasteiger partial charge < -0.3 is 10.4 Å². The molecule has 0 atom stereocenters. The van der Waals surface area contributed by atoms with Gasteiger partial charge in [-0.2, -0.15) is 0 Å². The monoisotopic (exact) mass is 276 g/mol. The van der Waals surface area contributed by atoms with Gasteiger partial charge in [0.1, 0.15) is 0 Å². The maximum Gasteiger partial charge on any atom is 0.307 e. The average molecular weight is 276 g/mol. The summed E-state index contributed by atoms with van der Waals surface area (Å²) in [6.45, 7) is 1.05. The van der Waals surface area contributed by atoms with Crippen LogP contribution in [0.15, 0.2) is 24.3 Å². The Balaban J connectivity index is 1.79. The van der Waals surface area contributed by atoms with Crippen molar-refractivity contribution in [1.82, 2.24) is 10.2 Å². The van der Waals surface area contributed by atoms with Gasteiger partial charge in [0.2, 0.25) is 5.91 Å². The maximum absolute atomic E-state index is 11.7. The molecule has 1 fully saturated rings. The Bertz CT molecular complexity index is 480. The van der Waals surface area contributed by atoms with Crippen LogP contribution in [-0.4, -0.2) is 41.5 Å². The molecule has 20 heavy (non-hydrogen) atoms. The molecular weight excluding hydrogens is 256 g/mol. The summed E-state index contributed by atoms with van der Waals surface area (Å²) < 4.78 is 0. The van der Waals surface area contributed by atoms with Gasteiger partial charge in [-0.25, -0.2) is 0 Å². The van der Waals surface area contributed by atoms with Crippen molar-refractivity contribution in [1.29, 1.82) is 0 Å². The summed E-state index contributed by atoms with van der Waals surface area (Å²) in [5, 5.41) is 11.7. The molecule has 108 valence electrons. The number of carboxylic acid groups (broad SMARTS) is 1. The molecule has 0 aliphatic heterocycles. The van der Waals surface area contributed by atoms with Gasteiger partial charge in [0, 0.05) is 12.6 Å². The van der Waals surface area contributed by atoms with Crippen LogP contribution in [0, 0.1) is 0 Å². The number of amides is 1. The van der Waals surface area contributed by atoms with Crippen LogP contribution in [0.25, 0.3) is 0 Å². The van der Waals surface area contributed by atoms with Crippen LogP contribution in [-0.2, 0) is 22.6 Å². The van der Waals surface area contributed by atoms with E-state index >= 15 is 0 Å². The summed E-state index contributed by atoms with van der Waals surface area (Å²) in [5.41, 5.74) is 1.86. The van der Waals surface area contributed by atoms with Crippen molar-refractivity contribution in [2.75, 3.05) is 13.6 Å². The van der Waals surface area contributed by atoms with Crippen molar-refractivity contribution in [2.24, 2.45) is 0 Å². The first-order valence-corrected chi connectivity index (χ1v) is 6.80. The normalized spacial score (nSPS) is 14.3. The van der Waals surface area contributed by atoms with Crippen LogP contribution < -0.4 is 5.32 Å². The second-order valence-corrected chi connectivity index (χ2v) is 5.40. The van der Waals surface area contributed by atoms with Crippen LogP contribution in [0.2, 0.25) is 0 Å². The molecule has 1 aliphatic rings. The van der Waals surface area contributed by atoms with Crippen molar-refractivity contribution in [2.45, 2.75) is 31.8 Å². The number of carbonyl (C=O) groups excluding carboxylic acids is 1. The number of nitrogens with one attached hydrogen (secondary N) is 1. The molecule has 1 aliphatic carbocycles. The maximum atomic E-state index is 11.7. The van der Waals surface area contributed by atoms with E-state index in [1.165, 1.54) is 0 Å². The van der Waals surface area contributed by atoms with Crippen molar-refractivity contribution in [3.05, 3.63) is 35.4 Å². The SMILES string of the molecule is CN(CC(=O)NC1CC1)Cc1ccc(CC(=O)O)cc1. The largest absolute Gasteiger partial charge is 0.481 e. The molecule has 1 saturated carbocycles. The third kappa shape index (κ3) is 5.01. The Labute approximate surface area is 118 Å². The molecule has 0 aromatic heterocycles. The second-order valence-electron chi connectivity index (χ2n) is 5.40. The molecule has 2 N–H and O–H groups in total. The quantitative estimate of drug-likeness (QED) is 0.780. The van der Waals surface area contributed by atoms with E-state index < -0.39 is 5.97 Å². The Morgan fingerprint density at radius 2 is 1.85 bits per heavy atom. The summed E-state index contributed by atoms with van der Waals surface area (Å²) >= 11 is 0. The molecule has 0 saturated heterocycles. The number of hydrogen-bond acceptors (Lipinski definition) is 3. The van der Waals surface area contributed by atoms with Gasteiger partial charge in [0.05, 0.1) is 13.0 Å². The molecule has 0 bridgehead atoms. The topological polar surface area (TPSA) is 69.6 Å². The lowest BCUT2D eigenvalue weighted by atomic mass is 10.1. The predicted molar refractivity (Wildman–Crippen MR) is 75.3 cm³/mol. The summed E-state index contributed by atoms with van der Waals surface area (Å²) in [6.07, 6.45) is 2.24. The van der Waals surface area contributed by atoms with Gasteiger partial charge in [0.25, 0.3) is 0 Å². The zero-order valence-electron chi connectivity index (χ0n) is 11.6. The van der Waals surface area contributed by atoms with E-state index in [0.717, 1.165) is 24.0 Å². The third-order valence-corrected chi connectivity index (χ3v) is 3.19. The van der Waals surface area contributed by atoms with Crippen LogP contribution in [0.4, 0.5) is 0 Å². The minimum atomic E-state index is -0.827. The third-order valence-electron chi connectivity index (χ3n) is 3.19. The van der Waals surface area contributed by atoms with Crippen molar-refractivity contribution in [3.8, 4) is 0 Å². The molecule has 0 spiro atoms. The fourth-order valence-corrected chi connectivity index (χ4v) is 2.05. The Morgan fingerprint density at radius 1 is 1.25 bits per heavy atom. The number of likely N-dealkylation sites (N-methyl/N-ethyl adjacent to an activating group) is 1. The lowest BCUT2D eigenvalue weighted by Crippen LogP contribution is -2.35. The highest BCUT2D eigenvalue weighted by molar-refractivity contribution is 5.78. The van der Waals surface area contributed by atoms with Gasteiger partial charge in [0.15, 0.2) is 0 Å². The van der Waals surface area contributed by atoms with Gasteiger partial charge in [-0.1, -0.05) is 24.3 Å². The number of benzene rings is 1. The number of nitrogens with zero attached hydrogens (tertiary/aromatic N) is 1. The number of rotatable bonds is 7.